The second-order valence-corrected chi connectivity index (χ2v) is 5.05. The van der Waals surface area contributed by atoms with E-state index in [1.807, 2.05) is 0 Å². The quantitative estimate of drug-likeness (QED) is 0.718. The number of nitrogens with two attached hydrogens (primary N) is 1. The molecule has 19 heavy (non-hydrogen) atoms. The molecule has 2 rings (SSSR count). The van der Waals surface area contributed by atoms with E-state index in [2.05, 4.69) is 4.90 Å². The highest BCUT2D eigenvalue weighted by Gasteiger charge is 2.21. The number of aliphatic hydroxyl groups excluding tert-OH is 1. The first-order valence-electron chi connectivity index (χ1n) is 6.60. The number of carboxylic acids is 1. The van der Waals surface area contributed by atoms with Gasteiger partial charge in [0.1, 0.15) is 0 Å². The maximum Gasteiger partial charge on any atom is 0.335 e. The minimum atomic E-state index is -0.940. The molecule has 0 spiro atoms. The van der Waals surface area contributed by atoms with Gasteiger partial charge in [0.05, 0.1) is 16.9 Å². The molecule has 1 aliphatic heterocycles. The van der Waals surface area contributed by atoms with Gasteiger partial charge in [-0.2, -0.15) is 0 Å². The number of carboxylic acid groups (broad SMARTS) is 1. The number of rotatable bonds is 4. The molecular formula is C14H20N2O3. The Hall–Kier alpha value is -1.75. The number of carbonyl (C=O) groups is 1. The van der Waals surface area contributed by atoms with Gasteiger partial charge in [0.2, 0.25) is 0 Å². The lowest BCUT2D eigenvalue weighted by Gasteiger charge is -2.35. The summed E-state index contributed by atoms with van der Waals surface area (Å²) in [5, 5.41) is 18.1. The van der Waals surface area contributed by atoms with E-state index in [0.717, 1.165) is 38.0 Å². The lowest BCUT2D eigenvalue weighted by atomic mass is 9.94. The Morgan fingerprint density at radius 3 is 2.95 bits per heavy atom. The monoisotopic (exact) mass is 264 g/mol. The molecule has 0 aliphatic carbocycles. The van der Waals surface area contributed by atoms with Crippen LogP contribution in [0.4, 0.5) is 11.4 Å². The third-order valence-corrected chi connectivity index (χ3v) is 3.67. The number of benzene rings is 1. The Kier molecular flexibility index (Phi) is 4.27. The predicted molar refractivity (Wildman–Crippen MR) is 74.5 cm³/mol. The summed E-state index contributed by atoms with van der Waals surface area (Å²) in [6, 6.07) is 4.81. The summed E-state index contributed by atoms with van der Waals surface area (Å²) in [6.07, 6.45) is 2.94. The van der Waals surface area contributed by atoms with Crippen LogP contribution in [0.1, 0.15) is 29.6 Å². The molecule has 1 fully saturated rings. The van der Waals surface area contributed by atoms with E-state index >= 15 is 0 Å². The van der Waals surface area contributed by atoms with Gasteiger partial charge in [-0.25, -0.2) is 4.79 Å². The fraction of sp³-hybridized carbons (Fsp3) is 0.500. The summed E-state index contributed by atoms with van der Waals surface area (Å²) in [5.41, 5.74) is 7.61. The van der Waals surface area contributed by atoms with Crippen molar-refractivity contribution in [3.8, 4) is 0 Å². The van der Waals surface area contributed by atoms with Crippen LogP contribution in [-0.2, 0) is 0 Å². The average Bonchev–Trinajstić information content (AvgIpc) is 2.39. The van der Waals surface area contributed by atoms with Crippen LogP contribution in [0.25, 0.3) is 0 Å². The van der Waals surface area contributed by atoms with Gasteiger partial charge in [0, 0.05) is 19.7 Å². The standard InChI is InChI=1S/C14H20N2O3/c15-12-4-3-11(14(18)19)8-13(12)16-6-1-2-10(9-16)5-7-17/h3-4,8,10,17H,1-2,5-7,9,15H2,(H,18,19). The molecule has 1 aliphatic rings. The van der Waals surface area contributed by atoms with E-state index in [0.29, 0.717) is 11.6 Å². The van der Waals surface area contributed by atoms with Crippen molar-refractivity contribution in [3.63, 3.8) is 0 Å². The molecule has 0 amide bonds. The number of hydrogen-bond acceptors (Lipinski definition) is 4. The summed E-state index contributed by atoms with van der Waals surface area (Å²) in [5.74, 6) is -0.489. The largest absolute Gasteiger partial charge is 0.478 e. The second kappa shape index (κ2) is 5.93. The van der Waals surface area contributed by atoms with Gasteiger partial charge in [0.15, 0.2) is 0 Å². The Labute approximate surface area is 112 Å². The molecule has 0 saturated carbocycles. The maximum absolute atomic E-state index is 11.0. The van der Waals surface area contributed by atoms with Crippen LogP contribution in [0.5, 0.6) is 0 Å². The topological polar surface area (TPSA) is 86.8 Å². The minimum absolute atomic E-state index is 0.198. The normalized spacial score (nSPS) is 19.4. The third-order valence-electron chi connectivity index (χ3n) is 3.67. The summed E-state index contributed by atoms with van der Waals surface area (Å²) in [6.45, 7) is 1.91. The third kappa shape index (κ3) is 3.17. The number of hydrogen-bond donors (Lipinski definition) is 3. The molecule has 1 heterocycles. The molecule has 0 bridgehead atoms. The van der Waals surface area contributed by atoms with Crippen LogP contribution >= 0.6 is 0 Å². The Balaban J connectivity index is 2.20. The highest BCUT2D eigenvalue weighted by molar-refractivity contribution is 5.90. The number of aromatic carboxylic acids is 1. The summed E-state index contributed by atoms with van der Waals surface area (Å²) >= 11 is 0. The molecular weight excluding hydrogens is 244 g/mol. The van der Waals surface area contributed by atoms with Gasteiger partial charge < -0.3 is 20.8 Å². The fourth-order valence-electron chi connectivity index (χ4n) is 2.65. The Bertz CT molecular complexity index is 460. The molecule has 5 nitrogen and oxygen atoms in total. The van der Waals surface area contributed by atoms with E-state index in [-0.39, 0.29) is 12.2 Å². The summed E-state index contributed by atoms with van der Waals surface area (Å²) in [7, 11) is 0. The SMILES string of the molecule is Nc1ccc(C(=O)O)cc1N1CCCC(CCO)C1. The van der Waals surface area contributed by atoms with Crippen molar-refractivity contribution in [1.82, 2.24) is 0 Å². The van der Waals surface area contributed by atoms with Crippen LogP contribution in [0.2, 0.25) is 0 Å². The first-order valence-corrected chi connectivity index (χ1v) is 6.60. The van der Waals surface area contributed by atoms with E-state index < -0.39 is 5.97 Å². The fourth-order valence-corrected chi connectivity index (χ4v) is 2.65. The van der Waals surface area contributed by atoms with E-state index in [4.69, 9.17) is 15.9 Å². The van der Waals surface area contributed by atoms with E-state index in [1.165, 1.54) is 6.07 Å². The molecule has 0 radical (unpaired) electrons. The number of nitrogens with zero attached hydrogens (tertiary/aromatic N) is 1. The molecule has 1 aromatic rings. The van der Waals surface area contributed by atoms with Gasteiger partial charge in [0.25, 0.3) is 0 Å². The van der Waals surface area contributed by atoms with Crippen LogP contribution < -0.4 is 10.6 Å². The van der Waals surface area contributed by atoms with E-state index in [9.17, 15) is 4.79 Å². The van der Waals surface area contributed by atoms with Gasteiger partial charge in [-0.15, -0.1) is 0 Å². The van der Waals surface area contributed by atoms with Gasteiger partial charge in [-0.3, -0.25) is 0 Å². The second-order valence-electron chi connectivity index (χ2n) is 5.05. The van der Waals surface area contributed by atoms with Crippen LogP contribution in [-0.4, -0.2) is 35.9 Å². The van der Waals surface area contributed by atoms with Gasteiger partial charge >= 0.3 is 5.97 Å². The van der Waals surface area contributed by atoms with Crippen molar-refractivity contribution in [1.29, 1.82) is 0 Å². The number of nitrogen functional groups attached to an aromatic ring is 1. The Morgan fingerprint density at radius 2 is 2.26 bits per heavy atom. The zero-order valence-electron chi connectivity index (χ0n) is 10.9. The van der Waals surface area contributed by atoms with Crippen molar-refractivity contribution in [2.45, 2.75) is 19.3 Å². The van der Waals surface area contributed by atoms with Crippen molar-refractivity contribution in [2.24, 2.45) is 5.92 Å². The number of piperidine rings is 1. The maximum atomic E-state index is 11.0. The average molecular weight is 264 g/mol. The van der Waals surface area contributed by atoms with Crippen molar-refractivity contribution >= 4 is 17.3 Å². The molecule has 1 unspecified atom stereocenters. The highest BCUT2D eigenvalue weighted by Crippen LogP contribution is 2.30. The molecule has 1 saturated heterocycles. The van der Waals surface area contributed by atoms with Crippen LogP contribution in [0.3, 0.4) is 0 Å². The molecule has 0 aromatic heterocycles. The van der Waals surface area contributed by atoms with Crippen molar-refractivity contribution in [2.75, 3.05) is 30.3 Å². The number of anilines is 2. The zero-order chi connectivity index (χ0) is 13.8. The first kappa shape index (κ1) is 13.7. The lowest BCUT2D eigenvalue weighted by molar-refractivity contribution is 0.0697. The number of aliphatic hydroxyl groups is 1. The predicted octanol–water partition coefficient (Wildman–Crippen LogP) is 1.57. The van der Waals surface area contributed by atoms with Crippen molar-refractivity contribution < 1.29 is 15.0 Å². The zero-order valence-corrected chi connectivity index (χ0v) is 10.9. The van der Waals surface area contributed by atoms with Crippen molar-refractivity contribution in [3.05, 3.63) is 23.8 Å². The minimum Gasteiger partial charge on any atom is -0.478 e. The Morgan fingerprint density at radius 1 is 1.47 bits per heavy atom. The highest BCUT2D eigenvalue weighted by atomic mass is 16.4. The molecule has 1 atom stereocenters. The van der Waals surface area contributed by atoms with Gasteiger partial charge in [-0.1, -0.05) is 0 Å². The van der Waals surface area contributed by atoms with E-state index in [1.54, 1.807) is 12.1 Å². The molecule has 1 aromatic carbocycles. The summed E-state index contributed by atoms with van der Waals surface area (Å²) < 4.78 is 0. The molecule has 104 valence electrons. The molecule has 5 heteroatoms. The van der Waals surface area contributed by atoms with Crippen LogP contribution in [0, 0.1) is 5.92 Å². The van der Waals surface area contributed by atoms with Gasteiger partial charge in [-0.05, 0) is 43.4 Å². The summed E-state index contributed by atoms with van der Waals surface area (Å²) in [4.78, 5) is 13.2. The first-order chi connectivity index (χ1) is 9.11. The lowest BCUT2D eigenvalue weighted by Crippen LogP contribution is -2.36. The smallest absolute Gasteiger partial charge is 0.335 e. The van der Waals surface area contributed by atoms with Crippen LogP contribution in [0.15, 0.2) is 18.2 Å². The molecule has 4 N–H and O–H groups in total.